The van der Waals surface area contributed by atoms with Gasteiger partial charge in [-0.25, -0.2) is 8.78 Å². The van der Waals surface area contributed by atoms with E-state index in [1.165, 1.54) is 0 Å². The minimum Gasteiger partial charge on any atom is -0.206 e. The zero-order valence-electron chi connectivity index (χ0n) is 6.19. The van der Waals surface area contributed by atoms with Crippen LogP contribution in [0.5, 0.6) is 0 Å². The topological polar surface area (TPSA) is 23.8 Å². The van der Waals surface area contributed by atoms with E-state index in [1.54, 1.807) is 0 Å². The Hall–Kier alpha value is -1.57. The lowest BCUT2D eigenvalue weighted by Crippen LogP contribution is -2.14. The molecule has 0 aliphatic carbocycles. The molecule has 0 bridgehead atoms. The van der Waals surface area contributed by atoms with Crippen LogP contribution in [0.3, 0.4) is 0 Å². The first-order chi connectivity index (χ1) is 5.99. The molecule has 5 heteroatoms. The van der Waals surface area contributed by atoms with Gasteiger partial charge in [0.05, 0.1) is 0 Å². The van der Waals surface area contributed by atoms with Crippen LogP contribution >= 0.6 is 0 Å². The van der Waals surface area contributed by atoms with Crippen molar-refractivity contribution in [2.75, 3.05) is 0 Å². The largest absolute Gasteiger partial charge is 0.363 e. The highest BCUT2D eigenvalue weighted by atomic mass is 19.3. The van der Waals surface area contributed by atoms with Crippen molar-refractivity contribution in [2.45, 2.75) is 5.92 Å². The number of hydrogen-bond donors (Lipinski definition) is 0. The fourth-order valence-electron chi connectivity index (χ4n) is 0.854. The molecule has 0 spiro atoms. The monoisotopic (exact) mass is 189 g/mol. The number of nitrogens with zero attached hydrogens (tertiary/aromatic N) is 1. The third-order valence-electron chi connectivity index (χ3n) is 1.42. The predicted molar refractivity (Wildman–Crippen MR) is 35.9 cm³/mol. The summed E-state index contributed by atoms with van der Waals surface area (Å²) in [6, 6.07) is 2.81. The maximum Gasteiger partial charge on any atom is 0.363 e. The van der Waals surface area contributed by atoms with Crippen molar-refractivity contribution in [3.8, 4) is 6.07 Å². The van der Waals surface area contributed by atoms with Crippen molar-refractivity contribution in [1.82, 2.24) is 0 Å². The number of rotatable bonds is 1. The van der Waals surface area contributed by atoms with E-state index in [1.807, 2.05) is 0 Å². The summed E-state index contributed by atoms with van der Waals surface area (Å²) in [6.07, 6.45) is 0. The van der Waals surface area contributed by atoms with Gasteiger partial charge in [0.15, 0.2) is 0 Å². The first-order valence-electron chi connectivity index (χ1n) is 3.22. The van der Waals surface area contributed by atoms with Gasteiger partial charge < -0.3 is 0 Å². The van der Waals surface area contributed by atoms with Gasteiger partial charge in [-0.05, 0) is 12.1 Å². The van der Waals surface area contributed by atoms with Gasteiger partial charge in [-0.15, -0.1) is 0 Å². The molecule has 13 heavy (non-hydrogen) atoms. The second kappa shape index (κ2) is 3.05. The van der Waals surface area contributed by atoms with Crippen LogP contribution in [0.1, 0.15) is 5.56 Å². The smallest absolute Gasteiger partial charge is 0.206 e. The average Bonchev–Trinajstić information content (AvgIpc) is 2.03. The second-order valence-corrected chi connectivity index (χ2v) is 2.28. The molecule has 1 nitrogen and oxygen atoms in total. The molecule has 0 aliphatic heterocycles. The fraction of sp³-hybridized carbons (Fsp3) is 0.125. The van der Waals surface area contributed by atoms with Gasteiger partial charge in [0.2, 0.25) is 0 Å². The van der Waals surface area contributed by atoms with E-state index < -0.39 is 23.1 Å². The summed E-state index contributed by atoms with van der Waals surface area (Å²) in [5.41, 5.74) is -1.50. The van der Waals surface area contributed by atoms with Crippen LogP contribution in [0.4, 0.5) is 17.6 Å². The number of hydrogen-bond acceptors (Lipinski definition) is 1. The lowest BCUT2D eigenvalue weighted by atomic mass is 10.1. The highest BCUT2D eigenvalue weighted by Gasteiger charge is 2.37. The van der Waals surface area contributed by atoms with Crippen molar-refractivity contribution < 1.29 is 17.6 Å². The molecule has 0 saturated heterocycles. The summed E-state index contributed by atoms with van der Waals surface area (Å²) in [4.78, 5) is 0. The lowest BCUT2D eigenvalue weighted by molar-refractivity contribution is 0.0528. The van der Waals surface area contributed by atoms with Crippen molar-refractivity contribution in [3.63, 3.8) is 0 Å². The molecule has 1 aromatic rings. The Labute approximate surface area is 71.2 Å². The van der Waals surface area contributed by atoms with Crippen LogP contribution in [-0.4, -0.2) is 0 Å². The summed E-state index contributed by atoms with van der Waals surface area (Å²) >= 11 is 0. The molecule has 0 amide bonds. The van der Waals surface area contributed by atoms with Gasteiger partial charge in [-0.1, -0.05) is 6.07 Å². The zero-order chi connectivity index (χ0) is 10.1. The van der Waals surface area contributed by atoms with Crippen LogP contribution < -0.4 is 0 Å². The molecule has 0 heterocycles. The summed E-state index contributed by atoms with van der Waals surface area (Å²) in [5.74, 6) is -6.98. The number of alkyl halides is 2. The molecule has 0 fully saturated rings. The maximum absolute atomic E-state index is 12.7. The molecule has 68 valence electrons. The molecule has 0 saturated carbocycles. The van der Waals surface area contributed by atoms with Gasteiger partial charge in [0, 0.05) is 0 Å². The zero-order valence-corrected chi connectivity index (χ0v) is 6.19. The summed E-state index contributed by atoms with van der Waals surface area (Å²) < 4.78 is 50.5. The van der Waals surface area contributed by atoms with E-state index in [0.29, 0.717) is 18.2 Å². The third-order valence-corrected chi connectivity index (χ3v) is 1.42. The van der Waals surface area contributed by atoms with E-state index in [-0.39, 0.29) is 0 Å². The molecule has 0 atom stereocenters. The van der Waals surface area contributed by atoms with Crippen LogP contribution in [-0.2, 0) is 5.92 Å². The molecule has 1 aromatic carbocycles. The van der Waals surface area contributed by atoms with Gasteiger partial charge in [-0.3, -0.25) is 0 Å². The van der Waals surface area contributed by atoms with E-state index >= 15 is 0 Å². The molecule has 0 N–H and O–H groups in total. The highest BCUT2D eigenvalue weighted by molar-refractivity contribution is 5.28. The Balaban J connectivity index is 3.38. The van der Waals surface area contributed by atoms with Crippen molar-refractivity contribution in [3.05, 3.63) is 35.4 Å². The molecule has 0 aromatic heterocycles. The minimum absolute atomic E-state index is 0.526. The van der Waals surface area contributed by atoms with Crippen LogP contribution in [0.2, 0.25) is 0 Å². The number of nitriles is 1. The Bertz CT molecular complexity index is 347. The average molecular weight is 189 g/mol. The molecule has 0 unspecified atom stereocenters. The van der Waals surface area contributed by atoms with E-state index in [9.17, 15) is 17.6 Å². The fourth-order valence-corrected chi connectivity index (χ4v) is 0.854. The Morgan fingerprint density at radius 3 is 2.00 bits per heavy atom. The summed E-state index contributed by atoms with van der Waals surface area (Å²) in [6.45, 7) is 0. The molecule has 1 rings (SSSR count). The highest BCUT2D eigenvalue weighted by Crippen LogP contribution is 2.30. The normalized spacial score (nSPS) is 11.0. The lowest BCUT2D eigenvalue weighted by Gasteiger charge is -2.08. The van der Waals surface area contributed by atoms with Crippen molar-refractivity contribution >= 4 is 0 Å². The third kappa shape index (κ3) is 1.61. The quantitative estimate of drug-likeness (QED) is 0.623. The SMILES string of the molecule is N#CC(F)(F)c1c(F)cccc1F. The van der Waals surface area contributed by atoms with E-state index in [0.717, 1.165) is 6.07 Å². The van der Waals surface area contributed by atoms with E-state index in [2.05, 4.69) is 0 Å². The second-order valence-electron chi connectivity index (χ2n) is 2.28. The van der Waals surface area contributed by atoms with Crippen LogP contribution in [0.15, 0.2) is 18.2 Å². The predicted octanol–water partition coefficient (Wildman–Crippen LogP) is 2.58. The van der Waals surface area contributed by atoms with Crippen LogP contribution in [0, 0.1) is 23.0 Å². The van der Waals surface area contributed by atoms with Gasteiger partial charge in [0.1, 0.15) is 23.3 Å². The standard InChI is InChI=1S/C8H3F4N/c9-5-2-1-3-6(10)7(5)8(11,12)4-13/h1-3H. The first kappa shape index (κ1) is 9.52. The summed E-state index contributed by atoms with van der Waals surface area (Å²) in [5, 5.41) is 7.96. The summed E-state index contributed by atoms with van der Waals surface area (Å²) in [7, 11) is 0. The first-order valence-corrected chi connectivity index (χ1v) is 3.22. The van der Waals surface area contributed by atoms with Gasteiger partial charge >= 0.3 is 5.92 Å². The molecule has 0 aliphatic rings. The van der Waals surface area contributed by atoms with Crippen LogP contribution in [0.25, 0.3) is 0 Å². The minimum atomic E-state index is -4.13. The van der Waals surface area contributed by atoms with Crippen molar-refractivity contribution in [2.24, 2.45) is 0 Å². The Kier molecular flexibility index (Phi) is 2.24. The molecule has 0 radical (unpaired) electrons. The maximum atomic E-state index is 12.7. The molecular weight excluding hydrogens is 186 g/mol. The Morgan fingerprint density at radius 2 is 1.62 bits per heavy atom. The van der Waals surface area contributed by atoms with Crippen molar-refractivity contribution in [1.29, 1.82) is 5.26 Å². The number of halogens is 4. The van der Waals surface area contributed by atoms with Gasteiger partial charge in [0.25, 0.3) is 0 Å². The molecular formula is C8H3F4N. The van der Waals surface area contributed by atoms with Gasteiger partial charge in [-0.2, -0.15) is 14.0 Å². The Morgan fingerprint density at radius 1 is 1.15 bits per heavy atom. The van der Waals surface area contributed by atoms with E-state index in [4.69, 9.17) is 5.26 Å². The number of benzene rings is 1.